The van der Waals surface area contributed by atoms with Gasteiger partial charge in [0.2, 0.25) is 17.7 Å². The van der Waals surface area contributed by atoms with Gasteiger partial charge in [0.15, 0.2) is 0 Å². The molecule has 34 heavy (non-hydrogen) atoms. The van der Waals surface area contributed by atoms with E-state index in [0.717, 1.165) is 5.56 Å². The average molecular weight is 464 g/mol. The number of benzene rings is 2. The summed E-state index contributed by atoms with van der Waals surface area (Å²) in [4.78, 5) is 51.9. The van der Waals surface area contributed by atoms with Crippen LogP contribution in [0.4, 0.5) is 0 Å². The maximum Gasteiger partial charge on any atom is 0.255 e. The lowest BCUT2D eigenvalue weighted by Gasteiger charge is -2.29. The SMILES string of the molecule is [2H]C(Oc1cccc2c1CN(C1CCC(=O)NC1=O)C2=O)c1ccc(CN2CCOCC2=O)cc1. The predicted molar refractivity (Wildman–Crippen MR) is 119 cm³/mol. The van der Waals surface area contributed by atoms with Gasteiger partial charge in [-0.15, -0.1) is 0 Å². The van der Waals surface area contributed by atoms with Crippen molar-refractivity contribution >= 4 is 23.6 Å². The second kappa shape index (κ2) is 9.26. The van der Waals surface area contributed by atoms with Gasteiger partial charge in [-0.3, -0.25) is 24.5 Å². The molecule has 0 aliphatic carbocycles. The molecule has 9 heteroatoms. The summed E-state index contributed by atoms with van der Waals surface area (Å²) in [7, 11) is 0. The first-order valence-corrected chi connectivity index (χ1v) is 11.2. The van der Waals surface area contributed by atoms with Crippen LogP contribution in [-0.4, -0.2) is 59.2 Å². The molecule has 0 aromatic heterocycles. The van der Waals surface area contributed by atoms with Gasteiger partial charge in [0.1, 0.15) is 25.0 Å². The zero-order valence-electron chi connectivity index (χ0n) is 19.5. The van der Waals surface area contributed by atoms with Crippen LogP contribution in [0.25, 0.3) is 0 Å². The van der Waals surface area contributed by atoms with E-state index in [4.69, 9.17) is 10.8 Å². The van der Waals surface area contributed by atoms with Crippen molar-refractivity contribution < 1.29 is 30.0 Å². The summed E-state index contributed by atoms with van der Waals surface area (Å²) in [6, 6.07) is 11.7. The normalized spacial score (nSPS) is 21.8. The fourth-order valence-corrected chi connectivity index (χ4v) is 4.44. The van der Waals surface area contributed by atoms with Crippen molar-refractivity contribution in [2.75, 3.05) is 19.8 Å². The fourth-order valence-electron chi connectivity index (χ4n) is 4.44. The van der Waals surface area contributed by atoms with E-state index in [1.807, 2.05) is 12.1 Å². The Kier molecular flexibility index (Phi) is 5.68. The minimum atomic E-state index is -1.03. The molecular weight excluding hydrogens is 438 g/mol. The maximum absolute atomic E-state index is 13.0. The third-order valence-corrected chi connectivity index (χ3v) is 6.30. The summed E-state index contributed by atoms with van der Waals surface area (Å²) in [6.45, 7) is 0.813. The van der Waals surface area contributed by atoms with E-state index in [1.165, 1.54) is 4.90 Å². The van der Waals surface area contributed by atoms with Crippen molar-refractivity contribution in [1.82, 2.24) is 15.1 Å². The maximum atomic E-state index is 13.0. The molecule has 2 fully saturated rings. The molecule has 0 saturated carbocycles. The number of carbonyl (C=O) groups excluding carboxylic acids is 4. The second-order valence-corrected chi connectivity index (χ2v) is 8.53. The van der Waals surface area contributed by atoms with Gasteiger partial charge >= 0.3 is 0 Å². The van der Waals surface area contributed by atoms with Gasteiger partial charge in [0.25, 0.3) is 5.91 Å². The summed E-state index contributed by atoms with van der Waals surface area (Å²) in [5.41, 5.74) is 2.64. The highest BCUT2D eigenvalue weighted by Gasteiger charge is 2.40. The van der Waals surface area contributed by atoms with Gasteiger partial charge in [0.05, 0.1) is 14.5 Å². The van der Waals surface area contributed by atoms with Gasteiger partial charge in [-0.25, -0.2) is 0 Å². The highest BCUT2D eigenvalue weighted by Crippen LogP contribution is 2.34. The minimum Gasteiger partial charge on any atom is -0.489 e. The number of fused-ring (bicyclic) bond motifs is 1. The summed E-state index contributed by atoms with van der Waals surface area (Å²) < 4.78 is 19.6. The lowest BCUT2D eigenvalue weighted by atomic mass is 10.0. The molecular formula is C25H25N3O6. The van der Waals surface area contributed by atoms with Crippen LogP contribution in [0.15, 0.2) is 42.5 Å². The fraction of sp³-hybridized carbons (Fsp3) is 0.360. The first-order chi connectivity index (χ1) is 16.9. The summed E-state index contributed by atoms with van der Waals surface area (Å²) in [5, 5.41) is 2.29. The molecule has 2 unspecified atom stereocenters. The monoisotopic (exact) mass is 464 g/mol. The third kappa shape index (κ3) is 4.38. The Morgan fingerprint density at radius 1 is 1.09 bits per heavy atom. The Bertz CT molecular complexity index is 1180. The Balaban J connectivity index is 1.27. The van der Waals surface area contributed by atoms with Gasteiger partial charge in [-0.1, -0.05) is 30.3 Å². The number of morpholine rings is 1. The standard InChI is InChI=1S/C25H25N3O6/c29-22-9-8-20(24(31)26-22)28-13-19-18(25(28)32)2-1-3-21(19)34-14-17-6-4-16(5-7-17)12-27-10-11-33-15-23(27)30/h1-7,20H,8-15H2,(H,26,29,31)/i14D. The summed E-state index contributed by atoms with van der Waals surface area (Å²) in [6.07, 6.45) is 0.467. The molecule has 2 atom stereocenters. The molecule has 9 nitrogen and oxygen atoms in total. The van der Waals surface area contributed by atoms with E-state index in [-0.39, 0.29) is 43.7 Å². The number of carbonyl (C=O) groups is 4. The number of hydrogen-bond donors (Lipinski definition) is 1. The van der Waals surface area contributed by atoms with E-state index < -0.39 is 18.5 Å². The van der Waals surface area contributed by atoms with Crippen molar-refractivity contribution in [3.05, 3.63) is 64.7 Å². The van der Waals surface area contributed by atoms with Crippen molar-refractivity contribution in [2.24, 2.45) is 0 Å². The van der Waals surface area contributed by atoms with E-state index >= 15 is 0 Å². The molecule has 4 amide bonds. The van der Waals surface area contributed by atoms with E-state index in [2.05, 4.69) is 5.32 Å². The van der Waals surface area contributed by atoms with Crippen LogP contribution in [0, 0.1) is 0 Å². The number of rotatable bonds is 6. The Labute approximate surface area is 198 Å². The Hall–Kier alpha value is -3.72. The van der Waals surface area contributed by atoms with Crippen molar-refractivity contribution in [2.45, 2.75) is 38.6 Å². The molecule has 0 radical (unpaired) electrons. The van der Waals surface area contributed by atoms with Crippen LogP contribution >= 0.6 is 0 Å². The van der Waals surface area contributed by atoms with E-state index in [0.29, 0.717) is 42.1 Å². The number of hydrogen-bond acceptors (Lipinski definition) is 6. The van der Waals surface area contributed by atoms with Crippen molar-refractivity contribution in [1.29, 1.82) is 0 Å². The highest BCUT2D eigenvalue weighted by molar-refractivity contribution is 6.05. The Morgan fingerprint density at radius 3 is 2.65 bits per heavy atom. The molecule has 2 aromatic carbocycles. The van der Waals surface area contributed by atoms with E-state index in [1.54, 1.807) is 35.2 Å². The van der Waals surface area contributed by atoms with Gasteiger partial charge in [-0.2, -0.15) is 0 Å². The molecule has 2 aromatic rings. The van der Waals surface area contributed by atoms with Crippen LogP contribution in [0.3, 0.4) is 0 Å². The lowest BCUT2D eigenvalue weighted by Crippen LogP contribution is -2.52. The average Bonchev–Trinajstić information content (AvgIpc) is 3.18. The molecule has 2 saturated heterocycles. The van der Waals surface area contributed by atoms with Crippen LogP contribution in [-0.2, 0) is 38.8 Å². The molecule has 0 spiro atoms. The number of nitrogens with zero attached hydrogens (tertiary/aromatic N) is 2. The van der Waals surface area contributed by atoms with Gasteiger partial charge in [-0.05, 0) is 29.7 Å². The topological polar surface area (TPSA) is 105 Å². The second-order valence-electron chi connectivity index (χ2n) is 8.53. The molecule has 0 bridgehead atoms. The largest absolute Gasteiger partial charge is 0.489 e. The molecule has 3 aliphatic rings. The molecule has 1 N–H and O–H groups in total. The molecule has 3 aliphatic heterocycles. The van der Waals surface area contributed by atoms with Crippen LogP contribution in [0.1, 0.15) is 41.3 Å². The number of nitrogens with one attached hydrogen (secondary N) is 1. The lowest BCUT2D eigenvalue weighted by molar-refractivity contribution is -0.143. The van der Waals surface area contributed by atoms with Crippen LogP contribution < -0.4 is 10.1 Å². The minimum absolute atomic E-state index is 0.0409. The predicted octanol–water partition coefficient (Wildman–Crippen LogP) is 1.39. The van der Waals surface area contributed by atoms with Gasteiger partial charge in [0, 0.05) is 30.6 Å². The number of piperidine rings is 1. The first-order valence-electron chi connectivity index (χ1n) is 11.8. The van der Waals surface area contributed by atoms with Crippen LogP contribution in [0.2, 0.25) is 0 Å². The van der Waals surface area contributed by atoms with Crippen LogP contribution in [0.5, 0.6) is 5.75 Å². The number of ether oxygens (including phenoxy) is 2. The summed E-state index contributed by atoms with van der Waals surface area (Å²) in [5.74, 6) is -0.723. The third-order valence-electron chi connectivity index (χ3n) is 6.30. The molecule has 3 heterocycles. The smallest absolute Gasteiger partial charge is 0.255 e. The van der Waals surface area contributed by atoms with Gasteiger partial charge < -0.3 is 19.3 Å². The molecule has 176 valence electrons. The summed E-state index contributed by atoms with van der Waals surface area (Å²) >= 11 is 0. The first kappa shape index (κ1) is 20.9. The zero-order valence-corrected chi connectivity index (χ0v) is 18.5. The number of imide groups is 1. The van der Waals surface area contributed by atoms with Crippen molar-refractivity contribution in [3.63, 3.8) is 0 Å². The van der Waals surface area contributed by atoms with Crippen molar-refractivity contribution in [3.8, 4) is 5.75 Å². The highest BCUT2D eigenvalue weighted by atomic mass is 16.5. The number of amides is 4. The zero-order chi connectivity index (χ0) is 24.5. The quantitative estimate of drug-likeness (QED) is 0.648. The molecule has 5 rings (SSSR count). The Morgan fingerprint density at radius 2 is 1.88 bits per heavy atom. The van der Waals surface area contributed by atoms with E-state index in [9.17, 15) is 19.2 Å².